The Labute approximate surface area is 294 Å². The SMILES string of the molecule is c1ccc(-c2nc3cc4oc5ccc(N(c6ccc(-c7ccc8ccccc8c7)cc6)c6ccccc6-c6ccccc6)cc5c4cc3o2)cc1. The highest BCUT2D eigenvalue weighted by Gasteiger charge is 2.20. The van der Waals surface area contributed by atoms with Gasteiger partial charge in [-0.25, -0.2) is 4.98 Å². The number of furan rings is 1. The van der Waals surface area contributed by atoms with Crippen LogP contribution in [0, 0.1) is 0 Å². The number of oxazole rings is 1. The van der Waals surface area contributed by atoms with Gasteiger partial charge in [-0.1, -0.05) is 115 Å². The third-order valence-electron chi connectivity index (χ3n) is 9.68. The standard InChI is InChI=1S/C47H30N2O2/c1-3-12-33(13-4-1)39-17-9-10-18-43(39)49(37-23-21-32(22-24-37)36-20-19-31-11-7-8-16-35(31)27-36)38-25-26-44-40(28-38)41-29-46-42(30-45(41)50-44)48-47(51-46)34-14-5-2-6-15-34/h1-30H. The number of anilines is 3. The van der Waals surface area contributed by atoms with Crippen LogP contribution in [0.3, 0.4) is 0 Å². The number of nitrogens with zero attached hydrogens (tertiary/aromatic N) is 2. The molecule has 0 amide bonds. The van der Waals surface area contributed by atoms with Crippen molar-refractivity contribution in [2.45, 2.75) is 0 Å². The van der Waals surface area contributed by atoms with Gasteiger partial charge >= 0.3 is 0 Å². The number of aromatic nitrogens is 1. The zero-order valence-corrected chi connectivity index (χ0v) is 27.5. The topological polar surface area (TPSA) is 42.4 Å². The maximum absolute atomic E-state index is 6.41. The highest BCUT2D eigenvalue weighted by Crippen LogP contribution is 2.43. The van der Waals surface area contributed by atoms with E-state index in [0.717, 1.165) is 66.8 Å². The first-order valence-corrected chi connectivity index (χ1v) is 17.1. The first kappa shape index (κ1) is 29.0. The van der Waals surface area contributed by atoms with Crippen LogP contribution in [0.15, 0.2) is 191 Å². The van der Waals surface area contributed by atoms with Crippen molar-refractivity contribution in [1.29, 1.82) is 0 Å². The van der Waals surface area contributed by atoms with Crippen LogP contribution in [0.2, 0.25) is 0 Å². The third-order valence-corrected chi connectivity index (χ3v) is 9.68. The summed E-state index contributed by atoms with van der Waals surface area (Å²) in [6.45, 7) is 0. The molecule has 2 heterocycles. The van der Waals surface area contributed by atoms with Crippen LogP contribution in [-0.4, -0.2) is 4.98 Å². The van der Waals surface area contributed by atoms with Crippen molar-refractivity contribution in [3.63, 3.8) is 0 Å². The molecule has 10 rings (SSSR count). The number of fused-ring (bicyclic) bond motifs is 5. The van der Waals surface area contributed by atoms with Crippen LogP contribution in [-0.2, 0) is 0 Å². The van der Waals surface area contributed by atoms with E-state index in [1.165, 1.54) is 21.9 Å². The molecule has 4 nitrogen and oxygen atoms in total. The molecule has 4 heteroatoms. The summed E-state index contributed by atoms with van der Waals surface area (Å²) >= 11 is 0. The van der Waals surface area contributed by atoms with Crippen molar-refractivity contribution >= 4 is 60.9 Å². The van der Waals surface area contributed by atoms with Gasteiger partial charge in [-0.15, -0.1) is 0 Å². The Morgan fingerprint density at radius 2 is 1.06 bits per heavy atom. The molecular formula is C47H30N2O2. The number of hydrogen-bond acceptors (Lipinski definition) is 4. The van der Waals surface area contributed by atoms with Crippen molar-refractivity contribution < 1.29 is 8.83 Å². The maximum Gasteiger partial charge on any atom is 0.227 e. The number of hydrogen-bond donors (Lipinski definition) is 0. The molecule has 0 aliphatic carbocycles. The minimum Gasteiger partial charge on any atom is -0.456 e. The molecule has 0 fully saturated rings. The Morgan fingerprint density at radius 3 is 1.88 bits per heavy atom. The molecule has 2 aromatic heterocycles. The first-order chi connectivity index (χ1) is 25.2. The summed E-state index contributed by atoms with van der Waals surface area (Å²) in [5.74, 6) is 0.596. The maximum atomic E-state index is 6.41. The van der Waals surface area contributed by atoms with Crippen LogP contribution in [0.25, 0.3) is 77.5 Å². The second-order valence-corrected chi connectivity index (χ2v) is 12.8. The minimum absolute atomic E-state index is 0.596. The van der Waals surface area contributed by atoms with Gasteiger partial charge in [0.05, 0.1) is 5.69 Å². The van der Waals surface area contributed by atoms with Crippen LogP contribution in [0.4, 0.5) is 17.1 Å². The zero-order chi connectivity index (χ0) is 33.7. The number of benzene rings is 8. The molecule has 0 radical (unpaired) electrons. The fraction of sp³-hybridized carbons (Fsp3) is 0. The normalized spacial score (nSPS) is 11.5. The predicted molar refractivity (Wildman–Crippen MR) is 210 cm³/mol. The molecule has 0 bridgehead atoms. The second kappa shape index (κ2) is 11.9. The Balaban J connectivity index is 1.12. The molecule has 0 aliphatic rings. The van der Waals surface area contributed by atoms with Crippen molar-refractivity contribution in [3.8, 4) is 33.7 Å². The lowest BCUT2D eigenvalue weighted by Gasteiger charge is -2.28. The van der Waals surface area contributed by atoms with E-state index in [2.05, 4.69) is 150 Å². The summed E-state index contributed by atoms with van der Waals surface area (Å²) in [5.41, 5.74) is 11.8. The van der Waals surface area contributed by atoms with Crippen LogP contribution in [0.1, 0.15) is 0 Å². The van der Waals surface area contributed by atoms with Gasteiger partial charge in [0.2, 0.25) is 5.89 Å². The molecular weight excluding hydrogens is 625 g/mol. The lowest BCUT2D eigenvalue weighted by atomic mass is 9.99. The Kier molecular flexibility index (Phi) is 6.78. The lowest BCUT2D eigenvalue weighted by Crippen LogP contribution is -2.11. The van der Waals surface area contributed by atoms with Gasteiger partial charge in [-0.05, 0) is 88.1 Å². The first-order valence-electron chi connectivity index (χ1n) is 17.1. The second-order valence-electron chi connectivity index (χ2n) is 12.8. The van der Waals surface area contributed by atoms with Gasteiger partial charge in [0, 0.05) is 39.3 Å². The van der Waals surface area contributed by atoms with E-state index in [1.54, 1.807) is 0 Å². The van der Waals surface area contributed by atoms with Gasteiger partial charge in [-0.2, -0.15) is 0 Å². The summed E-state index contributed by atoms with van der Waals surface area (Å²) in [6, 6.07) is 63.6. The van der Waals surface area contributed by atoms with E-state index >= 15 is 0 Å². The Hall–Kier alpha value is -6.91. The molecule has 8 aromatic carbocycles. The largest absolute Gasteiger partial charge is 0.456 e. The smallest absolute Gasteiger partial charge is 0.227 e. The average molecular weight is 655 g/mol. The van der Waals surface area contributed by atoms with E-state index in [0.29, 0.717) is 5.89 Å². The highest BCUT2D eigenvalue weighted by atomic mass is 16.4. The summed E-state index contributed by atoms with van der Waals surface area (Å²) in [7, 11) is 0. The van der Waals surface area contributed by atoms with E-state index in [1.807, 2.05) is 36.4 Å². The van der Waals surface area contributed by atoms with Crippen LogP contribution >= 0.6 is 0 Å². The third kappa shape index (κ3) is 5.13. The van der Waals surface area contributed by atoms with E-state index in [9.17, 15) is 0 Å². The number of para-hydroxylation sites is 1. The molecule has 0 atom stereocenters. The fourth-order valence-corrected chi connectivity index (χ4v) is 7.16. The van der Waals surface area contributed by atoms with Crippen molar-refractivity contribution in [2.24, 2.45) is 0 Å². The van der Waals surface area contributed by atoms with E-state index < -0.39 is 0 Å². The van der Waals surface area contributed by atoms with E-state index in [-0.39, 0.29) is 0 Å². The molecule has 0 saturated carbocycles. The van der Waals surface area contributed by atoms with Gasteiger partial charge < -0.3 is 13.7 Å². The molecule has 0 unspecified atom stereocenters. The van der Waals surface area contributed by atoms with Crippen molar-refractivity contribution in [1.82, 2.24) is 4.98 Å². The molecule has 0 N–H and O–H groups in total. The monoisotopic (exact) mass is 654 g/mol. The molecule has 10 aromatic rings. The van der Waals surface area contributed by atoms with Gasteiger partial charge in [0.25, 0.3) is 0 Å². The van der Waals surface area contributed by atoms with E-state index in [4.69, 9.17) is 13.8 Å². The molecule has 0 saturated heterocycles. The summed E-state index contributed by atoms with van der Waals surface area (Å²) < 4.78 is 12.7. The van der Waals surface area contributed by atoms with Gasteiger partial charge in [0.15, 0.2) is 5.58 Å². The molecule has 0 aliphatic heterocycles. The summed E-state index contributed by atoms with van der Waals surface area (Å²) in [4.78, 5) is 7.11. The Bertz CT molecular complexity index is 2850. The average Bonchev–Trinajstić information content (AvgIpc) is 3.78. The van der Waals surface area contributed by atoms with Crippen LogP contribution < -0.4 is 4.90 Å². The fourth-order valence-electron chi connectivity index (χ4n) is 7.16. The lowest BCUT2D eigenvalue weighted by molar-refractivity contribution is 0.620. The van der Waals surface area contributed by atoms with Crippen molar-refractivity contribution in [3.05, 3.63) is 182 Å². The summed E-state index contributed by atoms with van der Waals surface area (Å²) in [6.07, 6.45) is 0. The highest BCUT2D eigenvalue weighted by molar-refractivity contribution is 6.10. The van der Waals surface area contributed by atoms with Crippen LogP contribution in [0.5, 0.6) is 0 Å². The summed E-state index contributed by atoms with van der Waals surface area (Å²) in [5, 5.41) is 4.47. The van der Waals surface area contributed by atoms with Gasteiger partial charge in [0.1, 0.15) is 16.7 Å². The van der Waals surface area contributed by atoms with Gasteiger partial charge in [-0.3, -0.25) is 0 Å². The zero-order valence-electron chi connectivity index (χ0n) is 27.5. The van der Waals surface area contributed by atoms with Crippen molar-refractivity contribution in [2.75, 3.05) is 4.90 Å². The Morgan fingerprint density at radius 1 is 0.392 bits per heavy atom. The molecule has 0 spiro atoms. The minimum atomic E-state index is 0.596. The number of rotatable bonds is 6. The molecule has 51 heavy (non-hydrogen) atoms. The predicted octanol–water partition coefficient (Wildman–Crippen LogP) is 13.4. The quantitative estimate of drug-likeness (QED) is 0.179. The molecule has 240 valence electrons.